The topological polar surface area (TPSA) is 65.6 Å². The van der Waals surface area contributed by atoms with Gasteiger partial charge in [0.05, 0.1) is 23.9 Å². The Labute approximate surface area is 173 Å². The van der Waals surface area contributed by atoms with Gasteiger partial charge in [0.15, 0.2) is 0 Å². The lowest BCUT2D eigenvalue weighted by molar-refractivity contribution is -0.0708. The quantitative estimate of drug-likeness (QED) is 0.793. The molecule has 0 radical (unpaired) electrons. The van der Waals surface area contributed by atoms with Gasteiger partial charge in [-0.15, -0.1) is 0 Å². The predicted molar refractivity (Wildman–Crippen MR) is 111 cm³/mol. The van der Waals surface area contributed by atoms with Crippen LogP contribution in [0, 0.1) is 5.92 Å². The summed E-state index contributed by atoms with van der Waals surface area (Å²) >= 11 is 0. The largest absolute Gasteiger partial charge is 0.373 e. The number of ether oxygens (including phenoxy) is 1. The molecule has 2 N–H and O–H groups in total. The molecule has 1 saturated carbocycles. The number of alkyl halides is 1. The molecule has 2 aliphatic heterocycles. The monoisotopic (exact) mass is 406 g/mol. The second kappa shape index (κ2) is 8.41. The van der Waals surface area contributed by atoms with Gasteiger partial charge in [-0.3, -0.25) is 10.3 Å². The SMILES string of the molecule is CC(C)OC1CC2C(CC1F)NNC2c1cc(N2C[C@@H](C)N(C)[C@@H](C)C2)ncn1. The van der Waals surface area contributed by atoms with Crippen molar-refractivity contribution in [3.63, 3.8) is 0 Å². The summed E-state index contributed by atoms with van der Waals surface area (Å²) in [6.45, 7) is 10.3. The summed E-state index contributed by atoms with van der Waals surface area (Å²) in [4.78, 5) is 13.9. The maximum absolute atomic E-state index is 14.6. The van der Waals surface area contributed by atoms with Crippen molar-refractivity contribution < 1.29 is 9.13 Å². The molecular weight excluding hydrogens is 371 g/mol. The van der Waals surface area contributed by atoms with Gasteiger partial charge < -0.3 is 9.64 Å². The van der Waals surface area contributed by atoms with E-state index in [1.807, 2.05) is 13.8 Å². The van der Waals surface area contributed by atoms with Gasteiger partial charge in [0.25, 0.3) is 0 Å². The Morgan fingerprint density at radius 1 is 1.14 bits per heavy atom. The number of anilines is 1. The summed E-state index contributed by atoms with van der Waals surface area (Å²) in [7, 11) is 2.18. The van der Waals surface area contributed by atoms with E-state index in [0.717, 1.165) is 24.6 Å². The molecule has 5 unspecified atom stereocenters. The van der Waals surface area contributed by atoms with Crippen molar-refractivity contribution in [1.82, 2.24) is 25.7 Å². The van der Waals surface area contributed by atoms with E-state index in [9.17, 15) is 4.39 Å². The van der Waals surface area contributed by atoms with Crippen LogP contribution in [0.25, 0.3) is 0 Å². The molecular formula is C21H35FN6O. The van der Waals surface area contributed by atoms with Gasteiger partial charge in [-0.2, -0.15) is 0 Å². The van der Waals surface area contributed by atoms with Crippen molar-refractivity contribution in [3.8, 4) is 0 Å². The van der Waals surface area contributed by atoms with E-state index in [0.29, 0.717) is 24.9 Å². The minimum Gasteiger partial charge on any atom is -0.373 e. The van der Waals surface area contributed by atoms with Crippen LogP contribution in [0.1, 0.15) is 52.3 Å². The number of hydrogen-bond donors (Lipinski definition) is 2. The van der Waals surface area contributed by atoms with Crippen molar-refractivity contribution in [2.24, 2.45) is 5.92 Å². The van der Waals surface area contributed by atoms with Crippen LogP contribution in [-0.2, 0) is 4.74 Å². The van der Waals surface area contributed by atoms with Crippen LogP contribution in [0.4, 0.5) is 10.2 Å². The Hall–Kier alpha value is -1.35. The van der Waals surface area contributed by atoms with Crippen LogP contribution in [0.15, 0.2) is 12.4 Å². The highest BCUT2D eigenvalue weighted by atomic mass is 19.1. The van der Waals surface area contributed by atoms with Crippen LogP contribution >= 0.6 is 0 Å². The molecule has 1 aromatic rings. The summed E-state index contributed by atoms with van der Waals surface area (Å²) in [6, 6.07) is 3.19. The van der Waals surface area contributed by atoms with Crippen molar-refractivity contribution >= 4 is 5.82 Å². The fraction of sp³-hybridized carbons (Fsp3) is 0.810. The Kier molecular flexibility index (Phi) is 6.06. The fourth-order valence-electron chi connectivity index (χ4n) is 5.07. The molecule has 0 aromatic carbocycles. The third-order valence-corrected chi connectivity index (χ3v) is 6.88. The van der Waals surface area contributed by atoms with Gasteiger partial charge >= 0.3 is 0 Å². The number of hydrazine groups is 1. The standard InChI is InChI=1S/C21H35FN6O/c1-12(2)29-19-6-15-17(7-16(19)22)25-26-21(15)18-8-20(24-11-23-18)28-9-13(3)27(5)14(4)10-28/h8,11-17,19,21,25-26H,6-7,9-10H2,1-5H3/t13-,14+,15?,16?,17?,19?,21?. The van der Waals surface area contributed by atoms with E-state index in [1.165, 1.54) is 0 Å². The number of fused-ring (bicyclic) bond motifs is 1. The number of piperazine rings is 1. The van der Waals surface area contributed by atoms with Crippen molar-refractivity contribution in [1.29, 1.82) is 0 Å². The van der Waals surface area contributed by atoms with Gasteiger partial charge in [-0.25, -0.2) is 19.8 Å². The number of rotatable bonds is 4. The lowest BCUT2D eigenvalue weighted by Gasteiger charge is -2.43. The fourth-order valence-corrected chi connectivity index (χ4v) is 5.07. The zero-order valence-electron chi connectivity index (χ0n) is 18.2. The number of likely N-dealkylation sites (N-methyl/N-ethyl adjacent to an activating group) is 1. The van der Waals surface area contributed by atoms with Crippen LogP contribution in [-0.4, -0.2) is 71.5 Å². The maximum Gasteiger partial charge on any atom is 0.132 e. The number of hydrogen-bond acceptors (Lipinski definition) is 7. The lowest BCUT2D eigenvalue weighted by atomic mass is 9.78. The van der Waals surface area contributed by atoms with Crippen molar-refractivity contribution in [3.05, 3.63) is 18.1 Å². The minimum atomic E-state index is -0.930. The number of aromatic nitrogens is 2. The second-order valence-corrected chi connectivity index (χ2v) is 9.32. The molecule has 7 nitrogen and oxygen atoms in total. The number of nitrogens with one attached hydrogen (secondary N) is 2. The highest BCUT2D eigenvalue weighted by molar-refractivity contribution is 5.41. The van der Waals surface area contributed by atoms with Crippen molar-refractivity contribution in [2.45, 2.75) is 83.1 Å². The summed E-state index contributed by atoms with van der Waals surface area (Å²) in [5.41, 5.74) is 7.65. The molecule has 0 bridgehead atoms. The average Bonchev–Trinajstić information content (AvgIpc) is 3.08. The van der Waals surface area contributed by atoms with Crippen LogP contribution in [0.5, 0.6) is 0 Å². The molecule has 1 aliphatic carbocycles. The Morgan fingerprint density at radius 2 is 1.86 bits per heavy atom. The van der Waals surface area contributed by atoms with Crippen LogP contribution < -0.4 is 15.8 Å². The molecule has 3 heterocycles. The van der Waals surface area contributed by atoms with E-state index in [4.69, 9.17) is 4.74 Å². The van der Waals surface area contributed by atoms with E-state index in [2.05, 4.69) is 57.6 Å². The molecule has 29 heavy (non-hydrogen) atoms. The molecule has 4 rings (SSSR count). The molecule has 0 amide bonds. The molecule has 2 saturated heterocycles. The van der Waals surface area contributed by atoms with E-state index in [-0.39, 0.29) is 30.2 Å². The third kappa shape index (κ3) is 4.26. The first-order valence-corrected chi connectivity index (χ1v) is 10.9. The van der Waals surface area contributed by atoms with Crippen molar-refractivity contribution in [2.75, 3.05) is 25.0 Å². The molecule has 3 aliphatic rings. The summed E-state index contributed by atoms with van der Waals surface area (Å²) in [5, 5.41) is 0. The van der Waals surface area contributed by atoms with Gasteiger partial charge in [0.2, 0.25) is 0 Å². The molecule has 1 aromatic heterocycles. The molecule has 0 spiro atoms. The first-order valence-electron chi connectivity index (χ1n) is 10.9. The first-order chi connectivity index (χ1) is 13.8. The lowest BCUT2D eigenvalue weighted by Crippen LogP contribution is -2.55. The second-order valence-electron chi connectivity index (χ2n) is 9.32. The van der Waals surface area contributed by atoms with Crippen LogP contribution in [0.3, 0.4) is 0 Å². The predicted octanol–water partition coefficient (Wildman–Crippen LogP) is 2.06. The van der Waals surface area contributed by atoms with Gasteiger partial charge in [0, 0.05) is 43.2 Å². The van der Waals surface area contributed by atoms with Crippen LogP contribution in [0.2, 0.25) is 0 Å². The summed E-state index contributed by atoms with van der Waals surface area (Å²) in [6.07, 6.45) is 1.58. The van der Waals surface area contributed by atoms with Gasteiger partial charge in [-0.1, -0.05) is 0 Å². The Bertz CT molecular complexity index is 694. The molecule has 8 heteroatoms. The molecule has 3 fully saturated rings. The minimum absolute atomic E-state index is 0.0300. The van der Waals surface area contributed by atoms with E-state index >= 15 is 0 Å². The zero-order chi connectivity index (χ0) is 20.7. The van der Waals surface area contributed by atoms with Gasteiger partial charge in [-0.05, 0) is 47.6 Å². The Balaban J connectivity index is 1.51. The van der Waals surface area contributed by atoms with E-state index in [1.54, 1.807) is 6.33 Å². The summed E-state index contributed by atoms with van der Waals surface area (Å²) in [5.74, 6) is 1.22. The molecule has 162 valence electrons. The smallest absolute Gasteiger partial charge is 0.132 e. The Morgan fingerprint density at radius 3 is 2.55 bits per heavy atom. The number of halogens is 1. The highest BCUT2D eigenvalue weighted by Gasteiger charge is 2.46. The third-order valence-electron chi connectivity index (χ3n) is 6.88. The first kappa shape index (κ1) is 20.9. The summed E-state index contributed by atoms with van der Waals surface area (Å²) < 4.78 is 20.4. The zero-order valence-corrected chi connectivity index (χ0v) is 18.2. The number of nitrogens with zero attached hydrogens (tertiary/aromatic N) is 4. The van der Waals surface area contributed by atoms with Gasteiger partial charge in [0.1, 0.15) is 18.3 Å². The van der Waals surface area contributed by atoms with E-state index < -0.39 is 6.17 Å². The normalized spacial score (nSPS) is 38.4. The highest BCUT2D eigenvalue weighted by Crippen LogP contribution is 2.40. The molecule has 7 atom stereocenters. The maximum atomic E-state index is 14.6. The average molecular weight is 407 g/mol.